The molecule has 90 valence electrons. The third-order valence-corrected chi connectivity index (χ3v) is 4.26. The third-order valence-electron chi connectivity index (χ3n) is 2.43. The number of benzene rings is 1. The number of nitrogens with zero attached hydrogens (tertiary/aromatic N) is 1. The number of hydrogen-bond acceptors (Lipinski definition) is 3. The predicted molar refractivity (Wildman–Crippen MR) is 62.6 cm³/mol. The molecule has 4 nitrogen and oxygen atoms in total. The highest BCUT2D eigenvalue weighted by Crippen LogP contribution is 2.19. The first-order valence-corrected chi connectivity index (χ1v) is 6.54. The highest BCUT2D eigenvalue weighted by Gasteiger charge is 2.17. The van der Waals surface area contributed by atoms with Crippen molar-refractivity contribution in [1.29, 1.82) is 0 Å². The molecule has 0 aliphatic heterocycles. The Balaban J connectivity index is 3.05. The second kappa shape index (κ2) is 4.95. The average molecular weight is 243 g/mol. The number of aliphatic hydroxyl groups excluding tert-OH is 1. The molecular formula is C11H17NO3S. The third kappa shape index (κ3) is 2.61. The van der Waals surface area contributed by atoms with Crippen LogP contribution < -0.4 is 0 Å². The second-order valence-corrected chi connectivity index (χ2v) is 5.93. The molecule has 1 unspecified atom stereocenters. The van der Waals surface area contributed by atoms with Crippen molar-refractivity contribution in [1.82, 2.24) is 4.31 Å². The first kappa shape index (κ1) is 13.2. The van der Waals surface area contributed by atoms with Gasteiger partial charge < -0.3 is 5.11 Å². The van der Waals surface area contributed by atoms with Crippen LogP contribution in [0.2, 0.25) is 0 Å². The van der Waals surface area contributed by atoms with E-state index in [1.807, 2.05) is 6.92 Å². The highest BCUT2D eigenvalue weighted by atomic mass is 32.2. The van der Waals surface area contributed by atoms with Crippen LogP contribution in [0.4, 0.5) is 0 Å². The molecule has 0 aliphatic rings. The standard InChI is InChI=1S/C11H17NO3S/c1-4-11(13)9-5-7-10(8-6-9)16(14,15)12(2)3/h5-8,11,13H,4H2,1-3H3. The van der Waals surface area contributed by atoms with Crippen molar-refractivity contribution < 1.29 is 13.5 Å². The monoisotopic (exact) mass is 243 g/mol. The normalized spacial score (nSPS) is 14.1. The summed E-state index contributed by atoms with van der Waals surface area (Å²) in [6.07, 6.45) is 0.0795. The average Bonchev–Trinajstić information content (AvgIpc) is 2.28. The molecule has 1 N–H and O–H groups in total. The summed E-state index contributed by atoms with van der Waals surface area (Å²) in [5, 5.41) is 9.57. The lowest BCUT2D eigenvalue weighted by Crippen LogP contribution is -2.22. The van der Waals surface area contributed by atoms with E-state index in [1.165, 1.54) is 26.2 Å². The topological polar surface area (TPSA) is 57.6 Å². The van der Waals surface area contributed by atoms with Crippen LogP contribution in [-0.2, 0) is 10.0 Å². The summed E-state index contributed by atoms with van der Waals surface area (Å²) in [7, 11) is -0.394. The van der Waals surface area contributed by atoms with Crippen LogP contribution in [0.15, 0.2) is 29.2 Å². The minimum Gasteiger partial charge on any atom is -0.388 e. The molecule has 0 saturated heterocycles. The Morgan fingerprint density at radius 3 is 2.12 bits per heavy atom. The van der Waals surface area contributed by atoms with Crippen molar-refractivity contribution in [3.05, 3.63) is 29.8 Å². The zero-order chi connectivity index (χ0) is 12.3. The van der Waals surface area contributed by atoms with Crippen LogP contribution in [0, 0.1) is 0 Å². The smallest absolute Gasteiger partial charge is 0.242 e. The lowest BCUT2D eigenvalue weighted by Gasteiger charge is -2.13. The first-order chi connectivity index (χ1) is 7.39. The van der Waals surface area contributed by atoms with E-state index in [2.05, 4.69) is 0 Å². The van der Waals surface area contributed by atoms with Crippen molar-refractivity contribution in [2.24, 2.45) is 0 Å². The van der Waals surface area contributed by atoms with Gasteiger partial charge in [0.05, 0.1) is 11.0 Å². The molecule has 0 fully saturated rings. The number of aliphatic hydroxyl groups is 1. The molecular weight excluding hydrogens is 226 g/mol. The summed E-state index contributed by atoms with van der Waals surface area (Å²) in [5.74, 6) is 0. The van der Waals surface area contributed by atoms with E-state index in [0.717, 1.165) is 9.87 Å². The largest absolute Gasteiger partial charge is 0.388 e. The van der Waals surface area contributed by atoms with Gasteiger partial charge in [-0.15, -0.1) is 0 Å². The SMILES string of the molecule is CCC(O)c1ccc(S(=O)(=O)N(C)C)cc1. The molecule has 1 atom stereocenters. The zero-order valence-corrected chi connectivity index (χ0v) is 10.5. The van der Waals surface area contributed by atoms with Gasteiger partial charge in [0.25, 0.3) is 0 Å². The summed E-state index contributed by atoms with van der Waals surface area (Å²) >= 11 is 0. The molecule has 0 spiro atoms. The van der Waals surface area contributed by atoms with Crippen molar-refractivity contribution in [3.63, 3.8) is 0 Å². The molecule has 0 amide bonds. The molecule has 0 aromatic heterocycles. The quantitative estimate of drug-likeness (QED) is 0.869. The molecule has 0 radical (unpaired) electrons. The molecule has 0 aliphatic carbocycles. The number of rotatable bonds is 4. The van der Waals surface area contributed by atoms with Gasteiger partial charge >= 0.3 is 0 Å². The van der Waals surface area contributed by atoms with E-state index in [-0.39, 0.29) is 4.90 Å². The Morgan fingerprint density at radius 2 is 1.75 bits per heavy atom. The van der Waals surface area contributed by atoms with Crippen LogP contribution in [0.25, 0.3) is 0 Å². The summed E-state index contributed by atoms with van der Waals surface area (Å²) in [6.45, 7) is 1.87. The lowest BCUT2D eigenvalue weighted by molar-refractivity contribution is 0.173. The van der Waals surface area contributed by atoms with Crippen LogP contribution >= 0.6 is 0 Å². The maximum absolute atomic E-state index is 11.7. The molecule has 0 bridgehead atoms. The van der Waals surface area contributed by atoms with Crippen LogP contribution in [0.1, 0.15) is 25.0 Å². The second-order valence-electron chi connectivity index (χ2n) is 3.78. The summed E-state index contributed by atoms with van der Waals surface area (Å²) in [4.78, 5) is 0.240. The van der Waals surface area contributed by atoms with Gasteiger partial charge in [0.1, 0.15) is 0 Å². The van der Waals surface area contributed by atoms with Gasteiger partial charge in [-0.2, -0.15) is 0 Å². The summed E-state index contributed by atoms with van der Waals surface area (Å²) < 4.78 is 24.7. The van der Waals surface area contributed by atoms with Crippen molar-refractivity contribution >= 4 is 10.0 Å². The van der Waals surface area contributed by atoms with Gasteiger partial charge in [0.15, 0.2) is 0 Å². The molecule has 1 rings (SSSR count). The van der Waals surface area contributed by atoms with E-state index in [0.29, 0.717) is 6.42 Å². The zero-order valence-electron chi connectivity index (χ0n) is 9.71. The van der Waals surface area contributed by atoms with E-state index >= 15 is 0 Å². The Hall–Kier alpha value is -0.910. The predicted octanol–water partition coefficient (Wildman–Crippen LogP) is 1.38. The van der Waals surface area contributed by atoms with Crippen molar-refractivity contribution in [3.8, 4) is 0 Å². The maximum Gasteiger partial charge on any atom is 0.242 e. The van der Waals surface area contributed by atoms with Crippen molar-refractivity contribution in [2.75, 3.05) is 14.1 Å². The number of hydrogen-bond donors (Lipinski definition) is 1. The fourth-order valence-corrected chi connectivity index (χ4v) is 2.21. The Bertz CT molecular complexity index is 437. The Morgan fingerprint density at radius 1 is 1.25 bits per heavy atom. The van der Waals surface area contributed by atoms with Crippen LogP contribution in [0.5, 0.6) is 0 Å². The molecule has 1 aromatic carbocycles. The maximum atomic E-state index is 11.7. The Labute approximate surface area is 96.6 Å². The molecule has 16 heavy (non-hydrogen) atoms. The lowest BCUT2D eigenvalue weighted by atomic mass is 10.1. The van der Waals surface area contributed by atoms with Gasteiger partial charge in [-0.3, -0.25) is 0 Å². The van der Waals surface area contributed by atoms with E-state index in [1.54, 1.807) is 12.1 Å². The van der Waals surface area contributed by atoms with E-state index in [9.17, 15) is 13.5 Å². The minimum absolute atomic E-state index is 0.240. The molecule has 1 aromatic rings. The number of sulfonamides is 1. The van der Waals surface area contributed by atoms with Gasteiger partial charge in [-0.25, -0.2) is 12.7 Å². The fourth-order valence-electron chi connectivity index (χ4n) is 1.31. The van der Waals surface area contributed by atoms with Gasteiger partial charge in [0, 0.05) is 14.1 Å². The van der Waals surface area contributed by atoms with Gasteiger partial charge in [0.2, 0.25) is 10.0 Å². The fraction of sp³-hybridized carbons (Fsp3) is 0.455. The van der Waals surface area contributed by atoms with Gasteiger partial charge in [-0.05, 0) is 24.1 Å². The van der Waals surface area contributed by atoms with E-state index < -0.39 is 16.1 Å². The van der Waals surface area contributed by atoms with Crippen molar-refractivity contribution in [2.45, 2.75) is 24.3 Å². The van der Waals surface area contributed by atoms with E-state index in [4.69, 9.17) is 0 Å². The van der Waals surface area contributed by atoms with Crippen LogP contribution in [0.3, 0.4) is 0 Å². The summed E-state index contributed by atoms with van der Waals surface area (Å²) in [5.41, 5.74) is 0.736. The van der Waals surface area contributed by atoms with Gasteiger partial charge in [-0.1, -0.05) is 19.1 Å². The van der Waals surface area contributed by atoms with Crippen LogP contribution in [-0.4, -0.2) is 31.9 Å². The molecule has 5 heteroatoms. The molecule has 0 heterocycles. The first-order valence-electron chi connectivity index (χ1n) is 5.10. The summed E-state index contributed by atoms with van der Waals surface area (Å²) in [6, 6.07) is 6.32. The molecule has 0 saturated carbocycles. The highest BCUT2D eigenvalue weighted by molar-refractivity contribution is 7.89. The minimum atomic E-state index is -3.37. The Kier molecular flexibility index (Phi) is 4.07.